The van der Waals surface area contributed by atoms with E-state index in [0.29, 0.717) is 18.0 Å². The van der Waals surface area contributed by atoms with Crippen LogP contribution in [0.4, 0.5) is 5.69 Å². The van der Waals surface area contributed by atoms with Crippen molar-refractivity contribution < 1.29 is 4.74 Å². The Morgan fingerprint density at radius 2 is 1.76 bits per heavy atom. The van der Waals surface area contributed by atoms with Crippen LogP contribution in [0.25, 0.3) is 22.3 Å². The van der Waals surface area contributed by atoms with E-state index < -0.39 is 0 Å². The predicted molar refractivity (Wildman–Crippen MR) is 114 cm³/mol. The summed E-state index contributed by atoms with van der Waals surface area (Å²) in [5, 5.41) is 1.20. The first-order valence-corrected chi connectivity index (χ1v) is 10.8. The summed E-state index contributed by atoms with van der Waals surface area (Å²) in [5.41, 5.74) is 4.37. The van der Waals surface area contributed by atoms with E-state index in [0.717, 1.165) is 36.0 Å². The first-order chi connectivity index (χ1) is 14.3. The molecule has 150 valence electrons. The van der Waals surface area contributed by atoms with Gasteiger partial charge in [0.05, 0.1) is 7.11 Å². The summed E-state index contributed by atoms with van der Waals surface area (Å²) in [6.07, 6.45) is 10.6. The molecule has 3 fully saturated rings. The Hall–Kier alpha value is -2.60. The molecule has 1 unspecified atom stereocenters. The van der Waals surface area contributed by atoms with E-state index in [1.54, 1.807) is 13.3 Å². The fraction of sp³-hybridized carbons (Fsp3) is 0.478. The number of rotatable bonds is 4. The molecule has 29 heavy (non-hydrogen) atoms. The fourth-order valence-corrected chi connectivity index (χ4v) is 5.55. The highest BCUT2D eigenvalue weighted by molar-refractivity contribution is 5.94. The van der Waals surface area contributed by atoms with Crippen LogP contribution in [0.1, 0.15) is 32.1 Å². The lowest BCUT2D eigenvalue weighted by Gasteiger charge is -2.48. The maximum absolute atomic E-state index is 5.29. The second-order valence-electron chi connectivity index (χ2n) is 8.68. The van der Waals surface area contributed by atoms with Gasteiger partial charge in [0.25, 0.3) is 0 Å². The molecule has 2 atom stereocenters. The molecule has 2 bridgehead atoms. The van der Waals surface area contributed by atoms with E-state index in [1.807, 2.05) is 18.3 Å². The molecule has 5 heterocycles. The lowest BCUT2D eigenvalue weighted by Crippen LogP contribution is -2.58. The summed E-state index contributed by atoms with van der Waals surface area (Å²) in [6, 6.07) is 10.7. The largest absolute Gasteiger partial charge is 0.481 e. The van der Waals surface area contributed by atoms with Crippen molar-refractivity contribution >= 4 is 16.7 Å². The second kappa shape index (κ2) is 6.73. The molecule has 1 saturated carbocycles. The molecule has 2 aliphatic heterocycles. The molecule has 0 aromatic carbocycles. The van der Waals surface area contributed by atoms with E-state index >= 15 is 0 Å². The fourth-order valence-electron chi connectivity index (χ4n) is 5.55. The first kappa shape index (κ1) is 17.3. The number of nitrogens with zero attached hydrogens (tertiary/aromatic N) is 4. The van der Waals surface area contributed by atoms with Gasteiger partial charge in [0.2, 0.25) is 5.88 Å². The van der Waals surface area contributed by atoms with Gasteiger partial charge in [-0.3, -0.25) is 4.90 Å². The number of aromatic amines is 1. The standard InChI is InChI=1S/C23H27N5O/c1-29-22-11-15(7-9-24-22)20-12-19-21(8-10-25-23(19)26-20)27-13-17-5-6-18(14-27)28(17)16-3-2-4-16/h7-12,16-18H,2-6,13-14H2,1H3,(H,25,26)/t17-,18?/m0/s1. The van der Waals surface area contributed by atoms with Crippen molar-refractivity contribution in [3.63, 3.8) is 0 Å². The van der Waals surface area contributed by atoms with Crippen molar-refractivity contribution in [2.45, 2.75) is 50.2 Å². The Balaban J connectivity index is 1.33. The molecule has 6 nitrogen and oxygen atoms in total. The molecule has 3 aromatic heterocycles. The van der Waals surface area contributed by atoms with Crippen molar-refractivity contribution in [2.75, 3.05) is 25.1 Å². The minimum atomic E-state index is 0.623. The highest BCUT2D eigenvalue weighted by Crippen LogP contribution is 2.40. The molecule has 1 N–H and O–H groups in total. The smallest absolute Gasteiger partial charge is 0.213 e. The molecule has 0 radical (unpaired) electrons. The van der Waals surface area contributed by atoms with Crippen LogP contribution in [0.5, 0.6) is 5.88 Å². The molecule has 0 amide bonds. The van der Waals surface area contributed by atoms with Gasteiger partial charge in [0, 0.05) is 72.0 Å². The number of aromatic nitrogens is 3. The number of ether oxygens (including phenoxy) is 1. The minimum absolute atomic E-state index is 0.623. The number of fused-ring (bicyclic) bond motifs is 3. The van der Waals surface area contributed by atoms with Gasteiger partial charge in [-0.1, -0.05) is 6.42 Å². The maximum Gasteiger partial charge on any atom is 0.213 e. The zero-order valence-electron chi connectivity index (χ0n) is 16.8. The molecular weight excluding hydrogens is 362 g/mol. The summed E-state index contributed by atoms with van der Waals surface area (Å²) >= 11 is 0. The van der Waals surface area contributed by atoms with Gasteiger partial charge >= 0.3 is 0 Å². The third-order valence-electron chi connectivity index (χ3n) is 7.14. The number of pyridine rings is 2. The van der Waals surface area contributed by atoms with Crippen molar-refractivity contribution in [2.24, 2.45) is 0 Å². The van der Waals surface area contributed by atoms with E-state index in [-0.39, 0.29) is 0 Å². The van der Waals surface area contributed by atoms with Gasteiger partial charge in [-0.25, -0.2) is 9.97 Å². The Labute approximate surface area is 170 Å². The minimum Gasteiger partial charge on any atom is -0.481 e. The van der Waals surface area contributed by atoms with Crippen LogP contribution in [-0.2, 0) is 0 Å². The van der Waals surface area contributed by atoms with Crippen LogP contribution in [0.15, 0.2) is 36.7 Å². The Kier molecular flexibility index (Phi) is 4.01. The van der Waals surface area contributed by atoms with Crippen LogP contribution in [-0.4, -0.2) is 58.2 Å². The van der Waals surface area contributed by atoms with Gasteiger partial charge in [-0.2, -0.15) is 0 Å². The van der Waals surface area contributed by atoms with Crippen LogP contribution in [0.2, 0.25) is 0 Å². The number of H-pyrrole nitrogens is 1. The quantitative estimate of drug-likeness (QED) is 0.735. The normalized spacial score (nSPS) is 24.8. The van der Waals surface area contributed by atoms with E-state index in [9.17, 15) is 0 Å². The van der Waals surface area contributed by atoms with Crippen molar-refractivity contribution in [1.29, 1.82) is 0 Å². The average Bonchev–Trinajstić information content (AvgIpc) is 3.25. The molecule has 3 aromatic rings. The van der Waals surface area contributed by atoms with Gasteiger partial charge < -0.3 is 14.6 Å². The topological polar surface area (TPSA) is 57.3 Å². The molecule has 2 saturated heterocycles. The zero-order valence-corrected chi connectivity index (χ0v) is 16.8. The van der Waals surface area contributed by atoms with Crippen molar-refractivity contribution in [3.05, 3.63) is 36.7 Å². The summed E-state index contributed by atoms with van der Waals surface area (Å²) in [5.74, 6) is 0.623. The zero-order chi connectivity index (χ0) is 19.4. The number of hydrogen-bond acceptors (Lipinski definition) is 5. The molecule has 6 rings (SSSR count). The molecule has 3 aliphatic rings. The molecule has 0 spiro atoms. The Morgan fingerprint density at radius 1 is 0.966 bits per heavy atom. The highest BCUT2D eigenvalue weighted by atomic mass is 16.5. The van der Waals surface area contributed by atoms with Crippen molar-refractivity contribution in [1.82, 2.24) is 19.9 Å². The van der Waals surface area contributed by atoms with E-state index in [4.69, 9.17) is 4.74 Å². The van der Waals surface area contributed by atoms with E-state index in [1.165, 1.54) is 43.2 Å². The highest BCUT2D eigenvalue weighted by Gasteiger charge is 2.44. The van der Waals surface area contributed by atoms with Gasteiger partial charge in [-0.15, -0.1) is 0 Å². The number of methoxy groups -OCH3 is 1. The second-order valence-corrected chi connectivity index (χ2v) is 8.68. The number of hydrogen-bond donors (Lipinski definition) is 1. The van der Waals surface area contributed by atoms with Crippen LogP contribution >= 0.6 is 0 Å². The lowest BCUT2D eigenvalue weighted by molar-refractivity contribution is 0.0627. The van der Waals surface area contributed by atoms with Gasteiger partial charge in [0.15, 0.2) is 0 Å². The summed E-state index contributed by atoms with van der Waals surface area (Å²) in [4.78, 5) is 17.8. The predicted octanol–water partition coefficient (Wildman–Crippen LogP) is 3.84. The number of nitrogens with one attached hydrogen (secondary N) is 1. The third kappa shape index (κ3) is 2.81. The van der Waals surface area contributed by atoms with Crippen LogP contribution < -0.4 is 9.64 Å². The van der Waals surface area contributed by atoms with Gasteiger partial charge in [0.1, 0.15) is 5.65 Å². The SMILES string of the molecule is COc1cc(-c2cc3c(N4CC5CC[C@@H](C4)N5C4CCC4)ccnc3[nH]2)ccn1. The first-order valence-electron chi connectivity index (χ1n) is 10.8. The monoisotopic (exact) mass is 389 g/mol. The average molecular weight is 390 g/mol. The molecule has 1 aliphatic carbocycles. The van der Waals surface area contributed by atoms with Crippen LogP contribution in [0, 0.1) is 0 Å². The summed E-state index contributed by atoms with van der Waals surface area (Å²) < 4.78 is 5.29. The van der Waals surface area contributed by atoms with Crippen LogP contribution in [0.3, 0.4) is 0 Å². The maximum atomic E-state index is 5.29. The third-order valence-corrected chi connectivity index (χ3v) is 7.14. The number of piperazine rings is 1. The Bertz CT molecular complexity index is 1030. The molecular formula is C23H27N5O. The van der Waals surface area contributed by atoms with Crippen molar-refractivity contribution in [3.8, 4) is 17.1 Å². The van der Waals surface area contributed by atoms with E-state index in [2.05, 4.69) is 36.9 Å². The summed E-state index contributed by atoms with van der Waals surface area (Å²) in [7, 11) is 1.65. The Morgan fingerprint density at radius 3 is 2.48 bits per heavy atom. The van der Waals surface area contributed by atoms with Gasteiger partial charge in [-0.05, 0) is 43.9 Å². The molecule has 6 heteroatoms. The summed E-state index contributed by atoms with van der Waals surface area (Å²) in [6.45, 7) is 2.27. The number of anilines is 1. The lowest BCUT2D eigenvalue weighted by atomic mass is 9.89.